The Hall–Kier alpha value is -1.13. The van der Waals surface area contributed by atoms with Gasteiger partial charge >= 0.3 is 0 Å². The first kappa shape index (κ1) is 9.43. The normalized spacial score (nSPS) is 13.3. The summed E-state index contributed by atoms with van der Waals surface area (Å²) < 4.78 is 21.1. The molecule has 14 heavy (non-hydrogen) atoms. The molecule has 1 aromatic carbocycles. The summed E-state index contributed by atoms with van der Waals surface area (Å²) in [7, 11) is 0. The minimum absolute atomic E-state index is 0.0725. The molecule has 1 N–H and O–H groups in total. The fourth-order valence-electron chi connectivity index (χ4n) is 1.55. The lowest BCUT2D eigenvalue weighted by Crippen LogP contribution is -1.91. The molecule has 74 valence electrons. The SMILES string of the molecule is Cc1ccc2c(CS(=O)[O-])c[nH]c2c1. The summed E-state index contributed by atoms with van der Waals surface area (Å²) in [5.41, 5.74) is 2.98. The Morgan fingerprint density at radius 3 is 3.00 bits per heavy atom. The Balaban J connectivity index is 2.52. The number of aromatic amines is 1. The van der Waals surface area contributed by atoms with E-state index in [1.165, 1.54) is 0 Å². The summed E-state index contributed by atoms with van der Waals surface area (Å²) in [6.07, 6.45) is 1.75. The van der Waals surface area contributed by atoms with Gasteiger partial charge in [-0.05, 0) is 24.1 Å². The molecule has 4 heteroatoms. The maximum absolute atomic E-state index is 10.6. The molecule has 0 amide bonds. The highest BCUT2D eigenvalue weighted by Gasteiger charge is 2.02. The quantitative estimate of drug-likeness (QED) is 0.766. The van der Waals surface area contributed by atoms with Gasteiger partial charge in [0.15, 0.2) is 0 Å². The zero-order chi connectivity index (χ0) is 10.1. The second kappa shape index (κ2) is 3.55. The predicted molar refractivity (Wildman–Crippen MR) is 55.7 cm³/mol. The average molecular weight is 208 g/mol. The van der Waals surface area contributed by atoms with E-state index in [0.717, 1.165) is 22.0 Å². The van der Waals surface area contributed by atoms with Crippen molar-refractivity contribution in [2.45, 2.75) is 12.7 Å². The smallest absolute Gasteiger partial charge is 0.0459 e. The molecule has 0 fully saturated rings. The van der Waals surface area contributed by atoms with Crippen LogP contribution >= 0.6 is 0 Å². The topological polar surface area (TPSA) is 55.9 Å². The van der Waals surface area contributed by atoms with Crippen LogP contribution < -0.4 is 0 Å². The summed E-state index contributed by atoms with van der Waals surface area (Å²) in [5, 5.41) is 0.986. The molecule has 0 aliphatic rings. The summed E-state index contributed by atoms with van der Waals surface area (Å²) in [6, 6.07) is 5.93. The molecule has 1 heterocycles. The Labute approximate surface area is 84.4 Å². The lowest BCUT2D eigenvalue weighted by molar-refractivity contribution is 0.536. The van der Waals surface area contributed by atoms with Gasteiger partial charge in [-0.3, -0.25) is 4.21 Å². The summed E-state index contributed by atoms with van der Waals surface area (Å²) >= 11 is -2.03. The van der Waals surface area contributed by atoms with Crippen molar-refractivity contribution in [2.75, 3.05) is 0 Å². The molecule has 0 aliphatic carbocycles. The second-order valence-electron chi connectivity index (χ2n) is 3.31. The van der Waals surface area contributed by atoms with Gasteiger partial charge in [0.2, 0.25) is 0 Å². The van der Waals surface area contributed by atoms with Crippen molar-refractivity contribution in [1.82, 2.24) is 4.98 Å². The van der Waals surface area contributed by atoms with Gasteiger partial charge < -0.3 is 9.54 Å². The van der Waals surface area contributed by atoms with Crippen LogP contribution in [0.5, 0.6) is 0 Å². The van der Waals surface area contributed by atoms with Crippen LogP contribution in [0.3, 0.4) is 0 Å². The highest BCUT2D eigenvalue weighted by molar-refractivity contribution is 7.78. The Morgan fingerprint density at radius 1 is 1.50 bits per heavy atom. The van der Waals surface area contributed by atoms with Crippen LogP contribution in [-0.2, 0) is 16.8 Å². The molecular weight excluding hydrogens is 198 g/mol. The van der Waals surface area contributed by atoms with Crippen molar-refractivity contribution in [3.8, 4) is 0 Å². The average Bonchev–Trinajstić information content (AvgIpc) is 2.47. The van der Waals surface area contributed by atoms with Crippen molar-refractivity contribution in [3.63, 3.8) is 0 Å². The molecule has 1 aromatic heterocycles. The molecule has 2 aromatic rings. The minimum atomic E-state index is -2.03. The standard InChI is InChI=1S/C10H11NO2S/c1-7-2-3-9-8(6-14(12)13)5-11-10(9)4-7/h2-5,11H,6H2,1H3,(H,12,13)/p-1. The first-order valence-corrected chi connectivity index (χ1v) is 5.53. The summed E-state index contributed by atoms with van der Waals surface area (Å²) in [5.74, 6) is 0.0725. The van der Waals surface area contributed by atoms with Gasteiger partial charge in [0.25, 0.3) is 0 Å². The number of aryl methyl sites for hydroxylation is 1. The van der Waals surface area contributed by atoms with Crippen LogP contribution in [-0.4, -0.2) is 13.7 Å². The third kappa shape index (κ3) is 1.71. The van der Waals surface area contributed by atoms with Crippen LogP contribution in [0.4, 0.5) is 0 Å². The van der Waals surface area contributed by atoms with Crippen molar-refractivity contribution >= 4 is 22.0 Å². The minimum Gasteiger partial charge on any atom is -0.772 e. The van der Waals surface area contributed by atoms with E-state index in [1.54, 1.807) is 6.20 Å². The van der Waals surface area contributed by atoms with E-state index in [4.69, 9.17) is 0 Å². The van der Waals surface area contributed by atoms with Gasteiger partial charge in [-0.15, -0.1) is 0 Å². The molecule has 1 unspecified atom stereocenters. The van der Waals surface area contributed by atoms with E-state index in [0.29, 0.717) is 0 Å². The van der Waals surface area contributed by atoms with Crippen LogP contribution in [0.1, 0.15) is 11.1 Å². The van der Waals surface area contributed by atoms with E-state index in [1.807, 2.05) is 25.1 Å². The number of rotatable bonds is 2. The molecule has 2 rings (SSSR count). The number of fused-ring (bicyclic) bond motifs is 1. The zero-order valence-electron chi connectivity index (χ0n) is 7.74. The number of nitrogens with one attached hydrogen (secondary N) is 1. The van der Waals surface area contributed by atoms with Gasteiger partial charge in [0.05, 0.1) is 0 Å². The monoisotopic (exact) mass is 208 g/mol. The van der Waals surface area contributed by atoms with Gasteiger partial charge in [0.1, 0.15) is 0 Å². The third-order valence-corrected chi connectivity index (χ3v) is 2.74. The van der Waals surface area contributed by atoms with Crippen molar-refractivity contribution in [3.05, 3.63) is 35.5 Å². The molecule has 0 saturated carbocycles. The maximum atomic E-state index is 10.6. The van der Waals surface area contributed by atoms with Crippen molar-refractivity contribution in [2.24, 2.45) is 0 Å². The maximum Gasteiger partial charge on any atom is 0.0459 e. The molecule has 0 bridgehead atoms. The molecule has 0 spiro atoms. The zero-order valence-corrected chi connectivity index (χ0v) is 8.56. The highest BCUT2D eigenvalue weighted by atomic mass is 32.2. The van der Waals surface area contributed by atoms with Crippen LogP contribution in [0.25, 0.3) is 10.9 Å². The lowest BCUT2D eigenvalue weighted by atomic mass is 10.1. The van der Waals surface area contributed by atoms with Gasteiger partial charge in [-0.2, -0.15) is 0 Å². The van der Waals surface area contributed by atoms with Crippen LogP contribution in [0, 0.1) is 6.92 Å². The molecular formula is C10H10NO2S-. The Kier molecular flexibility index (Phi) is 2.39. The van der Waals surface area contributed by atoms with E-state index in [9.17, 15) is 8.76 Å². The van der Waals surface area contributed by atoms with Gasteiger partial charge in [-0.25, -0.2) is 0 Å². The predicted octanol–water partition coefficient (Wildman–Crippen LogP) is 1.86. The Bertz CT molecular complexity index is 490. The largest absolute Gasteiger partial charge is 0.772 e. The summed E-state index contributed by atoms with van der Waals surface area (Å²) in [6.45, 7) is 2.01. The third-order valence-electron chi connectivity index (χ3n) is 2.20. The molecule has 3 nitrogen and oxygen atoms in total. The molecule has 0 aliphatic heterocycles. The number of H-pyrrole nitrogens is 1. The van der Waals surface area contributed by atoms with Crippen LogP contribution in [0.15, 0.2) is 24.4 Å². The van der Waals surface area contributed by atoms with Crippen molar-refractivity contribution < 1.29 is 8.76 Å². The number of hydrogen-bond acceptors (Lipinski definition) is 2. The lowest BCUT2D eigenvalue weighted by Gasteiger charge is -2.02. The van der Waals surface area contributed by atoms with Crippen molar-refractivity contribution in [1.29, 1.82) is 0 Å². The van der Waals surface area contributed by atoms with E-state index in [2.05, 4.69) is 4.98 Å². The molecule has 0 saturated heterocycles. The van der Waals surface area contributed by atoms with E-state index in [-0.39, 0.29) is 5.75 Å². The molecule has 0 radical (unpaired) electrons. The number of aromatic nitrogens is 1. The second-order valence-corrected chi connectivity index (χ2v) is 4.21. The fraction of sp³-hybridized carbons (Fsp3) is 0.200. The van der Waals surface area contributed by atoms with Gasteiger partial charge in [0, 0.05) is 22.9 Å². The van der Waals surface area contributed by atoms with E-state index < -0.39 is 11.1 Å². The number of hydrogen-bond donors (Lipinski definition) is 1. The Morgan fingerprint density at radius 2 is 2.29 bits per heavy atom. The summed E-state index contributed by atoms with van der Waals surface area (Å²) in [4.78, 5) is 3.06. The first-order valence-electron chi connectivity index (χ1n) is 4.29. The first-order chi connectivity index (χ1) is 6.66. The highest BCUT2D eigenvalue weighted by Crippen LogP contribution is 2.20. The number of benzene rings is 1. The molecule has 1 atom stereocenters. The van der Waals surface area contributed by atoms with E-state index >= 15 is 0 Å². The van der Waals surface area contributed by atoms with Gasteiger partial charge in [-0.1, -0.05) is 23.2 Å². The fourth-order valence-corrected chi connectivity index (χ4v) is 2.04. The van der Waals surface area contributed by atoms with Crippen LogP contribution in [0.2, 0.25) is 0 Å².